The van der Waals surface area contributed by atoms with Gasteiger partial charge in [-0.1, -0.05) is 26.0 Å². The molecule has 2 aliphatic heterocycles. The molecule has 2 N–H and O–H groups in total. The zero-order chi connectivity index (χ0) is 22.5. The lowest BCUT2D eigenvalue weighted by molar-refractivity contribution is -0.122. The van der Waals surface area contributed by atoms with Crippen LogP contribution in [0.2, 0.25) is 0 Å². The Morgan fingerprint density at radius 1 is 1.25 bits per heavy atom. The van der Waals surface area contributed by atoms with Gasteiger partial charge >= 0.3 is 0 Å². The summed E-state index contributed by atoms with van der Waals surface area (Å²) in [6, 6.07) is 7.76. The zero-order valence-electron chi connectivity index (χ0n) is 18.6. The largest absolute Gasteiger partial charge is 0.484 e. The summed E-state index contributed by atoms with van der Waals surface area (Å²) in [6.07, 6.45) is 2.09. The van der Waals surface area contributed by atoms with Crippen LogP contribution in [0, 0.1) is 0 Å². The fourth-order valence-electron chi connectivity index (χ4n) is 3.81. The van der Waals surface area contributed by atoms with Crippen molar-refractivity contribution in [2.75, 3.05) is 25.1 Å². The minimum atomic E-state index is -0.279. The Morgan fingerprint density at radius 3 is 2.78 bits per heavy atom. The van der Waals surface area contributed by atoms with Crippen molar-refractivity contribution in [3.8, 4) is 5.75 Å². The molecule has 3 heterocycles. The number of hydrogen-bond acceptors (Lipinski definition) is 6. The van der Waals surface area contributed by atoms with E-state index in [1.807, 2.05) is 24.3 Å². The molecular weight excluding hydrogens is 428 g/mol. The van der Waals surface area contributed by atoms with Crippen LogP contribution in [0.1, 0.15) is 49.4 Å². The summed E-state index contributed by atoms with van der Waals surface area (Å²) in [5.41, 5.74) is 3.12. The first-order valence-corrected chi connectivity index (χ1v) is 12.2. The van der Waals surface area contributed by atoms with Gasteiger partial charge in [0.2, 0.25) is 5.91 Å². The molecule has 2 amide bonds. The van der Waals surface area contributed by atoms with E-state index >= 15 is 0 Å². The van der Waals surface area contributed by atoms with Crippen LogP contribution in [0.25, 0.3) is 0 Å². The van der Waals surface area contributed by atoms with Gasteiger partial charge in [-0.2, -0.15) is 16.9 Å². The van der Waals surface area contributed by atoms with Gasteiger partial charge < -0.3 is 20.1 Å². The molecule has 1 aromatic carbocycles. The van der Waals surface area contributed by atoms with Crippen molar-refractivity contribution >= 4 is 29.4 Å². The zero-order valence-corrected chi connectivity index (χ0v) is 19.4. The van der Waals surface area contributed by atoms with Crippen LogP contribution in [-0.2, 0) is 32.4 Å². The summed E-state index contributed by atoms with van der Waals surface area (Å²) in [6.45, 7) is 5.46. The second-order valence-electron chi connectivity index (χ2n) is 8.42. The molecule has 1 saturated heterocycles. The molecule has 1 aromatic heterocycles. The number of carbonyl (C=O) groups excluding carboxylic acids is 2. The van der Waals surface area contributed by atoms with E-state index < -0.39 is 0 Å². The molecule has 172 valence electrons. The highest BCUT2D eigenvalue weighted by molar-refractivity contribution is 7.98. The van der Waals surface area contributed by atoms with Gasteiger partial charge in [0.15, 0.2) is 6.61 Å². The molecule has 9 heteroatoms. The van der Waals surface area contributed by atoms with Gasteiger partial charge in [0.05, 0.1) is 11.8 Å². The van der Waals surface area contributed by atoms with Crippen LogP contribution in [0.3, 0.4) is 0 Å². The van der Waals surface area contributed by atoms with Crippen molar-refractivity contribution in [2.45, 2.75) is 56.8 Å². The van der Waals surface area contributed by atoms with Crippen LogP contribution < -0.4 is 15.4 Å². The quantitative estimate of drug-likeness (QED) is 0.600. The molecule has 8 nitrogen and oxygen atoms in total. The Balaban J connectivity index is 1.34. The first kappa shape index (κ1) is 22.7. The second-order valence-corrected chi connectivity index (χ2v) is 9.41. The molecular formula is C23H30N4O4S. The van der Waals surface area contributed by atoms with Gasteiger partial charge in [-0.05, 0) is 36.5 Å². The third kappa shape index (κ3) is 5.63. The number of amides is 2. The van der Waals surface area contributed by atoms with Crippen LogP contribution >= 0.6 is 11.8 Å². The SMILES string of the molecule is CC(C)c1ccc(OCC(=O)Nc2c3c(nn2CC(=O)NCC2CCCO2)CSC3)cc1. The number of nitrogens with one attached hydrogen (secondary N) is 2. The average molecular weight is 459 g/mol. The third-order valence-electron chi connectivity index (χ3n) is 5.64. The van der Waals surface area contributed by atoms with Crippen LogP contribution in [0.4, 0.5) is 5.82 Å². The van der Waals surface area contributed by atoms with Crippen molar-refractivity contribution in [1.29, 1.82) is 0 Å². The van der Waals surface area contributed by atoms with Crippen LogP contribution in [0.15, 0.2) is 24.3 Å². The van der Waals surface area contributed by atoms with E-state index in [0.717, 1.165) is 42.2 Å². The first-order valence-electron chi connectivity index (χ1n) is 11.1. The molecule has 2 aromatic rings. The molecule has 0 aliphatic carbocycles. The highest BCUT2D eigenvalue weighted by Crippen LogP contribution is 2.34. The van der Waals surface area contributed by atoms with E-state index in [-0.39, 0.29) is 31.1 Å². The number of rotatable bonds is 9. The standard InChI is InChI=1S/C23H30N4O4S/c1-15(2)16-5-7-17(8-6-16)31-12-22(29)25-23-19-13-32-14-20(19)26-27(23)11-21(28)24-10-18-4-3-9-30-18/h5-8,15,18H,3-4,9-14H2,1-2H3,(H,24,28)(H,25,29). The number of fused-ring (bicyclic) bond motifs is 1. The normalized spacial score (nSPS) is 17.4. The molecule has 0 saturated carbocycles. The monoisotopic (exact) mass is 458 g/mol. The number of nitrogens with zero attached hydrogens (tertiary/aromatic N) is 2. The summed E-state index contributed by atoms with van der Waals surface area (Å²) < 4.78 is 12.8. The molecule has 1 unspecified atom stereocenters. The summed E-state index contributed by atoms with van der Waals surface area (Å²) in [5, 5.41) is 10.4. The summed E-state index contributed by atoms with van der Waals surface area (Å²) >= 11 is 1.74. The van der Waals surface area contributed by atoms with Gasteiger partial charge in [0, 0.05) is 30.2 Å². The number of hydrogen-bond donors (Lipinski definition) is 2. The van der Waals surface area contributed by atoms with Crippen molar-refractivity contribution in [2.24, 2.45) is 0 Å². The van der Waals surface area contributed by atoms with E-state index in [9.17, 15) is 9.59 Å². The minimum absolute atomic E-state index is 0.0531. The Kier molecular flexibility index (Phi) is 7.36. The third-order valence-corrected chi connectivity index (χ3v) is 6.61. The number of aromatic nitrogens is 2. The summed E-state index contributed by atoms with van der Waals surface area (Å²) in [5.74, 6) is 2.79. The molecule has 4 rings (SSSR count). The molecule has 0 radical (unpaired) electrons. The molecule has 32 heavy (non-hydrogen) atoms. The number of carbonyl (C=O) groups is 2. The van der Waals surface area contributed by atoms with Crippen molar-refractivity contribution in [3.05, 3.63) is 41.1 Å². The van der Waals surface area contributed by atoms with Crippen LogP contribution in [-0.4, -0.2) is 47.5 Å². The van der Waals surface area contributed by atoms with E-state index in [2.05, 4.69) is 29.6 Å². The number of benzene rings is 1. The predicted octanol–water partition coefficient (Wildman–Crippen LogP) is 3.07. The van der Waals surface area contributed by atoms with Gasteiger partial charge in [-0.25, -0.2) is 4.68 Å². The number of ether oxygens (including phenoxy) is 2. The van der Waals surface area contributed by atoms with Gasteiger partial charge in [0.25, 0.3) is 5.91 Å². The predicted molar refractivity (Wildman–Crippen MR) is 124 cm³/mol. The summed E-state index contributed by atoms with van der Waals surface area (Å²) in [7, 11) is 0. The number of anilines is 1. The van der Waals surface area contributed by atoms with Crippen molar-refractivity contribution in [1.82, 2.24) is 15.1 Å². The number of thioether (sulfide) groups is 1. The molecule has 0 spiro atoms. The minimum Gasteiger partial charge on any atom is -0.484 e. The van der Waals surface area contributed by atoms with E-state index in [4.69, 9.17) is 9.47 Å². The van der Waals surface area contributed by atoms with E-state index in [0.29, 0.717) is 24.0 Å². The van der Waals surface area contributed by atoms with Gasteiger partial charge in [-0.15, -0.1) is 0 Å². The lowest BCUT2D eigenvalue weighted by atomic mass is 10.0. The highest BCUT2D eigenvalue weighted by Gasteiger charge is 2.25. The van der Waals surface area contributed by atoms with E-state index in [1.165, 1.54) is 5.56 Å². The smallest absolute Gasteiger partial charge is 0.263 e. The topological polar surface area (TPSA) is 94.5 Å². The highest BCUT2D eigenvalue weighted by atomic mass is 32.2. The molecule has 1 fully saturated rings. The van der Waals surface area contributed by atoms with Crippen molar-refractivity contribution in [3.63, 3.8) is 0 Å². The maximum atomic E-state index is 12.6. The van der Waals surface area contributed by atoms with Crippen LogP contribution in [0.5, 0.6) is 5.75 Å². The lowest BCUT2D eigenvalue weighted by Gasteiger charge is -2.13. The van der Waals surface area contributed by atoms with Crippen molar-refractivity contribution < 1.29 is 19.1 Å². The Bertz CT molecular complexity index is 952. The average Bonchev–Trinajstić information content (AvgIpc) is 3.51. The maximum Gasteiger partial charge on any atom is 0.263 e. The van der Waals surface area contributed by atoms with Gasteiger partial charge in [-0.3, -0.25) is 9.59 Å². The molecule has 2 aliphatic rings. The Hall–Kier alpha value is -2.52. The molecule has 0 bridgehead atoms. The second kappa shape index (κ2) is 10.4. The summed E-state index contributed by atoms with van der Waals surface area (Å²) in [4.78, 5) is 25.0. The lowest BCUT2D eigenvalue weighted by Crippen LogP contribution is -2.35. The van der Waals surface area contributed by atoms with Gasteiger partial charge in [0.1, 0.15) is 18.1 Å². The Labute approximate surface area is 192 Å². The maximum absolute atomic E-state index is 12.6. The first-order chi connectivity index (χ1) is 15.5. The molecule has 1 atom stereocenters. The van der Waals surface area contributed by atoms with E-state index in [1.54, 1.807) is 16.4 Å². The fourth-order valence-corrected chi connectivity index (χ4v) is 4.85. The fraction of sp³-hybridized carbons (Fsp3) is 0.522. The Morgan fingerprint density at radius 2 is 2.06 bits per heavy atom.